The van der Waals surface area contributed by atoms with Gasteiger partial charge in [0.1, 0.15) is 0 Å². The Labute approximate surface area is 169 Å². The first-order valence-corrected chi connectivity index (χ1v) is 10.5. The second-order valence-electron chi connectivity index (χ2n) is 7.14. The Morgan fingerprint density at radius 3 is 2.93 bits per heavy atom. The fraction of sp³-hybridized carbons (Fsp3) is 0.318. The lowest BCUT2D eigenvalue weighted by atomic mass is 9.87. The largest absolute Gasteiger partial charge is 0.411 e. The summed E-state index contributed by atoms with van der Waals surface area (Å²) >= 11 is 1.29. The molecule has 0 radical (unpaired) electrons. The van der Waals surface area contributed by atoms with Gasteiger partial charge in [0.2, 0.25) is 11.8 Å². The third kappa shape index (κ3) is 3.97. The highest BCUT2D eigenvalue weighted by Gasteiger charge is 2.26. The molecule has 1 aliphatic rings. The monoisotopic (exact) mass is 393 g/mol. The molecule has 0 fully saturated rings. The molecule has 0 saturated heterocycles. The summed E-state index contributed by atoms with van der Waals surface area (Å²) in [6.45, 7) is 2.02. The standard InChI is InChI=1S/C22H23N3O2S/c1-15-7-5-10-17(13-15)21-23-24-22(27-21)28-14-20(26)25(2)19-12-6-9-16-8-3-4-11-18(16)19/h3-5,7-8,10-11,13,19H,6,9,12,14H2,1-2H3/t19-/m0/s1. The fourth-order valence-electron chi connectivity index (χ4n) is 3.69. The van der Waals surface area contributed by atoms with Crippen molar-refractivity contribution in [1.82, 2.24) is 15.1 Å². The van der Waals surface area contributed by atoms with Crippen molar-refractivity contribution in [3.05, 3.63) is 65.2 Å². The molecular weight excluding hydrogens is 370 g/mol. The molecule has 2 aromatic carbocycles. The second-order valence-corrected chi connectivity index (χ2v) is 8.07. The van der Waals surface area contributed by atoms with Gasteiger partial charge in [-0.3, -0.25) is 4.79 Å². The van der Waals surface area contributed by atoms with Crippen LogP contribution in [0.15, 0.2) is 58.2 Å². The van der Waals surface area contributed by atoms with Crippen molar-refractivity contribution in [2.45, 2.75) is 37.5 Å². The molecule has 4 rings (SSSR count). The first-order chi connectivity index (χ1) is 13.6. The molecule has 3 aromatic rings. The summed E-state index contributed by atoms with van der Waals surface area (Å²) in [5.41, 5.74) is 4.65. The van der Waals surface area contributed by atoms with Crippen LogP contribution >= 0.6 is 11.8 Å². The molecule has 0 bridgehead atoms. The predicted molar refractivity (Wildman–Crippen MR) is 110 cm³/mol. The minimum Gasteiger partial charge on any atom is -0.411 e. The van der Waals surface area contributed by atoms with Crippen molar-refractivity contribution in [3.63, 3.8) is 0 Å². The van der Waals surface area contributed by atoms with Gasteiger partial charge in [0, 0.05) is 12.6 Å². The Hall–Kier alpha value is -2.60. The van der Waals surface area contributed by atoms with Crippen LogP contribution in [-0.2, 0) is 11.2 Å². The summed E-state index contributed by atoms with van der Waals surface area (Å²) in [6.07, 6.45) is 3.20. The van der Waals surface area contributed by atoms with Crippen LogP contribution in [0.3, 0.4) is 0 Å². The molecule has 1 atom stereocenters. The van der Waals surface area contributed by atoms with E-state index < -0.39 is 0 Å². The summed E-state index contributed by atoms with van der Waals surface area (Å²) < 4.78 is 5.73. The smallest absolute Gasteiger partial charge is 0.277 e. The Balaban J connectivity index is 1.40. The van der Waals surface area contributed by atoms with Gasteiger partial charge in [-0.05, 0) is 49.4 Å². The summed E-state index contributed by atoms with van der Waals surface area (Å²) in [5.74, 6) is 0.833. The lowest BCUT2D eigenvalue weighted by molar-refractivity contribution is -0.129. The number of carbonyl (C=O) groups is 1. The van der Waals surface area contributed by atoms with Crippen LogP contribution in [0.5, 0.6) is 0 Å². The molecule has 1 aromatic heterocycles. The Kier molecular flexibility index (Phi) is 5.48. The summed E-state index contributed by atoms with van der Waals surface area (Å²) in [4.78, 5) is 14.6. The van der Waals surface area contributed by atoms with Crippen molar-refractivity contribution >= 4 is 17.7 Å². The highest BCUT2D eigenvalue weighted by Crippen LogP contribution is 2.34. The van der Waals surface area contributed by atoms with Crippen molar-refractivity contribution in [2.75, 3.05) is 12.8 Å². The number of benzene rings is 2. The number of fused-ring (bicyclic) bond motifs is 1. The maximum absolute atomic E-state index is 12.8. The van der Waals surface area contributed by atoms with E-state index in [9.17, 15) is 4.79 Å². The van der Waals surface area contributed by atoms with Crippen molar-refractivity contribution in [2.24, 2.45) is 0 Å². The lowest BCUT2D eigenvalue weighted by Crippen LogP contribution is -2.34. The molecule has 0 unspecified atom stereocenters. The molecule has 0 saturated carbocycles. The predicted octanol–water partition coefficient (Wildman–Crippen LogP) is 4.67. The van der Waals surface area contributed by atoms with Gasteiger partial charge >= 0.3 is 0 Å². The Bertz CT molecular complexity index is 985. The van der Waals surface area contributed by atoms with Gasteiger partial charge in [-0.15, -0.1) is 10.2 Å². The molecule has 1 heterocycles. The van der Waals surface area contributed by atoms with Gasteiger partial charge in [-0.2, -0.15) is 0 Å². The van der Waals surface area contributed by atoms with Gasteiger partial charge in [-0.1, -0.05) is 53.7 Å². The molecule has 0 N–H and O–H groups in total. The van der Waals surface area contributed by atoms with Crippen molar-refractivity contribution in [1.29, 1.82) is 0 Å². The summed E-state index contributed by atoms with van der Waals surface area (Å²) in [6, 6.07) is 16.5. The van der Waals surface area contributed by atoms with Crippen molar-refractivity contribution in [3.8, 4) is 11.5 Å². The Morgan fingerprint density at radius 1 is 1.21 bits per heavy atom. The van der Waals surface area contributed by atoms with Crippen LogP contribution < -0.4 is 0 Å². The van der Waals surface area contributed by atoms with E-state index in [1.807, 2.05) is 43.1 Å². The number of nitrogens with zero attached hydrogens (tertiary/aromatic N) is 3. The molecule has 6 heteroatoms. The zero-order valence-corrected chi connectivity index (χ0v) is 16.9. The maximum Gasteiger partial charge on any atom is 0.277 e. The van der Waals surface area contributed by atoms with E-state index in [1.165, 1.54) is 22.9 Å². The number of rotatable bonds is 5. The van der Waals surface area contributed by atoms with Crippen LogP contribution in [0.25, 0.3) is 11.5 Å². The molecule has 28 heavy (non-hydrogen) atoms. The minimum atomic E-state index is 0.0713. The van der Waals surface area contributed by atoms with E-state index in [2.05, 4.69) is 34.5 Å². The number of carbonyl (C=O) groups excluding carboxylic acids is 1. The number of hydrogen-bond donors (Lipinski definition) is 0. The number of hydrogen-bond acceptors (Lipinski definition) is 5. The highest BCUT2D eigenvalue weighted by atomic mass is 32.2. The molecule has 0 spiro atoms. The van der Waals surface area contributed by atoms with Gasteiger partial charge < -0.3 is 9.32 Å². The quantitative estimate of drug-likeness (QED) is 0.590. The normalized spacial score (nSPS) is 15.9. The van der Waals surface area contributed by atoms with E-state index in [-0.39, 0.29) is 17.7 Å². The molecular formula is C22H23N3O2S. The van der Waals surface area contributed by atoms with Crippen LogP contribution in [-0.4, -0.2) is 33.8 Å². The van der Waals surface area contributed by atoms with E-state index in [0.29, 0.717) is 11.1 Å². The van der Waals surface area contributed by atoms with Crippen LogP contribution in [0.2, 0.25) is 0 Å². The third-order valence-electron chi connectivity index (χ3n) is 5.19. The van der Waals surface area contributed by atoms with E-state index in [1.54, 1.807) is 0 Å². The topological polar surface area (TPSA) is 59.2 Å². The fourth-order valence-corrected chi connectivity index (χ4v) is 4.38. The molecule has 1 amide bonds. The highest BCUT2D eigenvalue weighted by molar-refractivity contribution is 7.99. The van der Waals surface area contributed by atoms with Gasteiger partial charge in [-0.25, -0.2) is 0 Å². The van der Waals surface area contributed by atoms with Crippen LogP contribution in [0.1, 0.15) is 35.6 Å². The molecule has 5 nitrogen and oxygen atoms in total. The minimum absolute atomic E-state index is 0.0713. The summed E-state index contributed by atoms with van der Waals surface area (Å²) in [7, 11) is 1.89. The average Bonchev–Trinajstić information content (AvgIpc) is 3.20. The van der Waals surface area contributed by atoms with Gasteiger partial charge in [0.05, 0.1) is 11.8 Å². The average molecular weight is 394 g/mol. The summed E-state index contributed by atoms with van der Waals surface area (Å²) in [5, 5.41) is 8.60. The van der Waals surface area contributed by atoms with E-state index >= 15 is 0 Å². The van der Waals surface area contributed by atoms with Crippen molar-refractivity contribution < 1.29 is 9.21 Å². The molecule has 0 aliphatic heterocycles. The molecule has 1 aliphatic carbocycles. The Morgan fingerprint density at radius 2 is 2.07 bits per heavy atom. The van der Waals surface area contributed by atoms with Crippen LogP contribution in [0.4, 0.5) is 0 Å². The zero-order chi connectivity index (χ0) is 19.5. The first kappa shape index (κ1) is 18.7. The number of amides is 1. The van der Waals surface area contributed by atoms with Gasteiger partial charge in [0.25, 0.3) is 5.22 Å². The van der Waals surface area contributed by atoms with E-state index in [4.69, 9.17) is 4.42 Å². The maximum atomic E-state index is 12.8. The second kappa shape index (κ2) is 8.19. The number of aromatic nitrogens is 2. The van der Waals surface area contributed by atoms with Crippen LogP contribution in [0, 0.1) is 6.92 Å². The number of aryl methyl sites for hydroxylation is 2. The SMILES string of the molecule is Cc1cccc(-c2nnc(SCC(=O)N(C)[C@H]3CCCc4ccccc43)o2)c1. The first-order valence-electron chi connectivity index (χ1n) is 9.48. The number of thioether (sulfide) groups is 1. The third-order valence-corrected chi connectivity index (χ3v) is 5.99. The molecule has 144 valence electrons. The zero-order valence-electron chi connectivity index (χ0n) is 16.1. The lowest BCUT2D eigenvalue weighted by Gasteiger charge is -2.33. The van der Waals surface area contributed by atoms with Gasteiger partial charge in [0.15, 0.2) is 0 Å². The van der Waals surface area contributed by atoms with E-state index in [0.717, 1.165) is 30.4 Å².